The van der Waals surface area contributed by atoms with Crippen molar-refractivity contribution in [3.05, 3.63) is 24.0 Å². The molecule has 4 heteroatoms. The first kappa shape index (κ1) is 16.5. The average Bonchev–Trinajstić information content (AvgIpc) is 2.38. The first-order chi connectivity index (χ1) is 9.41. The molecule has 0 unspecified atom stereocenters. The molecule has 0 amide bonds. The second-order valence-corrected chi connectivity index (χ2v) is 6.14. The van der Waals surface area contributed by atoms with Crippen LogP contribution in [0.2, 0.25) is 0 Å². The average molecular weight is 276 g/mol. The van der Waals surface area contributed by atoms with Crippen LogP contribution in [0.4, 0.5) is 5.69 Å². The highest BCUT2D eigenvalue weighted by molar-refractivity contribution is 5.98. The quantitative estimate of drug-likeness (QED) is 0.565. The molecular weight excluding hydrogens is 248 g/mol. The molecule has 0 bridgehead atoms. The fourth-order valence-corrected chi connectivity index (χ4v) is 2.04. The van der Waals surface area contributed by atoms with Crippen LogP contribution in [0.1, 0.15) is 46.2 Å². The van der Waals surface area contributed by atoms with Crippen LogP contribution < -0.4 is 10.6 Å². The molecule has 0 aliphatic heterocycles. The van der Waals surface area contributed by atoms with Gasteiger partial charge in [0.05, 0.1) is 5.69 Å². The highest BCUT2D eigenvalue weighted by atomic mass is 15.1. The van der Waals surface area contributed by atoms with Gasteiger partial charge in [0.25, 0.3) is 0 Å². The Bertz CT molecular complexity index is 414. The third-order valence-corrected chi connectivity index (χ3v) is 3.33. The van der Waals surface area contributed by atoms with Gasteiger partial charge in [0.15, 0.2) is 0 Å². The van der Waals surface area contributed by atoms with Crippen molar-refractivity contribution >= 4 is 11.5 Å². The normalized spacial score (nSPS) is 11.1. The van der Waals surface area contributed by atoms with Gasteiger partial charge in [-0.3, -0.25) is 10.4 Å². The molecule has 0 radical (unpaired) electrons. The maximum atomic E-state index is 7.69. The number of rotatable bonds is 8. The summed E-state index contributed by atoms with van der Waals surface area (Å²) in [5, 5.41) is 7.69. The fraction of sp³-hybridized carbons (Fsp3) is 0.625. The number of hydrogen-bond acceptors (Lipinski definition) is 3. The third kappa shape index (κ3) is 5.19. The monoisotopic (exact) mass is 276 g/mol. The molecule has 1 heterocycles. The lowest BCUT2D eigenvalue weighted by molar-refractivity contribution is 0.535. The summed E-state index contributed by atoms with van der Waals surface area (Å²) in [6.07, 6.45) is 3.96. The lowest BCUT2D eigenvalue weighted by Crippen LogP contribution is -2.30. The predicted molar refractivity (Wildman–Crippen MR) is 86.4 cm³/mol. The first-order valence-corrected chi connectivity index (χ1v) is 7.46. The van der Waals surface area contributed by atoms with Crippen molar-refractivity contribution in [2.75, 3.05) is 18.0 Å². The summed E-state index contributed by atoms with van der Waals surface area (Å²) in [5.41, 5.74) is 7.24. The zero-order chi connectivity index (χ0) is 15.1. The molecule has 0 aliphatic carbocycles. The number of nitrogens with two attached hydrogens (primary N) is 1. The molecule has 112 valence electrons. The van der Waals surface area contributed by atoms with Crippen LogP contribution in [0.3, 0.4) is 0 Å². The molecule has 0 saturated heterocycles. The summed E-state index contributed by atoms with van der Waals surface area (Å²) in [6.45, 7) is 10.9. The van der Waals surface area contributed by atoms with E-state index >= 15 is 0 Å². The maximum absolute atomic E-state index is 7.69. The van der Waals surface area contributed by atoms with E-state index in [1.165, 1.54) is 0 Å². The van der Waals surface area contributed by atoms with E-state index in [4.69, 9.17) is 11.1 Å². The van der Waals surface area contributed by atoms with Crippen molar-refractivity contribution in [3.8, 4) is 0 Å². The Hall–Kier alpha value is -1.58. The predicted octanol–water partition coefficient (Wildman–Crippen LogP) is 3.26. The topological polar surface area (TPSA) is 66.0 Å². The zero-order valence-electron chi connectivity index (χ0n) is 13.2. The van der Waals surface area contributed by atoms with E-state index in [1.54, 1.807) is 6.20 Å². The van der Waals surface area contributed by atoms with Crippen molar-refractivity contribution in [2.45, 2.75) is 40.5 Å². The lowest BCUT2D eigenvalue weighted by Gasteiger charge is -2.27. The molecule has 0 aromatic carbocycles. The van der Waals surface area contributed by atoms with Gasteiger partial charge < -0.3 is 10.6 Å². The van der Waals surface area contributed by atoms with Gasteiger partial charge in [0.2, 0.25) is 0 Å². The van der Waals surface area contributed by atoms with Crippen LogP contribution >= 0.6 is 0 Å². The van der Waals surface area contributed by atoms with Gasteiger partial charge in [0.1, 0.15) is 11.5 Å². The van der Waals surface area contributed by atoms with Crippen molar-refractivity contribution < 1.29 is 0 Å². The molecule has 0 spiro atoms. The summed E-state index contributed by atoms with van der Waals surface area (Å²) in [4.78, 5) is 6.59. The second-order valence-electron chi connectivity index (χ2n) is 6.14. The van der Waals surface area contributed by atoms with E-state index in [0.717, 1.165) is 31.6 Å². The Kier molecular flexibility index (Phi) is 6.49. The molecule has 1 aromatic rings. The molecule has 3 N–H and O–H groups in total. The smallest absolute Gasteiger partial charge is 0.143 e. The maximum Gasteiger partial charge on any atom is 0.143 e. The van der Waals surface area contributed by atoms with Crippen LogP contribution in [0.5, 0.6) is 0 Å². The molecular formula is C16H28N4. The van der Waals surface area contributed by atoms with Gasteiger partial charge in [0, 0.05) is 19.3 Å². The van der Waals surface area contributed by atoms with Crippen LogP contribution in [0, 0.1) is 17.2 Å². The van der Waals surface area contributed by atoms with Gasteiger partial charge in [-0.25, -0.2) is 0 Å². The fourth-order valence-electron chi connectivity index (χ4n) is 2.04. The summed E-state index contributed by atoms with van der Waals surface area (Å²) in [7, 11) is 0. The van der Waals surface area contributed by atoms with Crippen molar-refractivity contribution in [1.82, 2.24) is 4.98 Å². The molecule has 0 fully saturated rings. The Balaban J connectivity index is 2.93. The van der Waals surface area contributed by atoms with Gasteiger partial charge in [-0.1, -0.05) is 27.7 Å². The summed E-state index contributed by atoms with van der Waals surface area (Å²) >= 11 is 0. The highest BCUT2D eigenvalue weighted by Crippen LogP contribution is 2.20. The van der Waals surface area contributed by atoms with Crippen LogP contribution in [0.25, 0.3) is 0 Å². The van der Waals surface area contributed by atoms with Gasteiger partial charge >= 0.3 is 0 Å². The molecule has 20 heavy (non-hydrogen) atoms. The Morgan fingerprint density at radius 3 is 2.20 bits per heavy atom. The van der Waals surface area contributed by atoms with E-state index in [1.807, 2.05) is 12.1 Å². The lowest BCUT2D eigenvalue weighted by atomic mass is 10.1. The number of anilines is 1. The van der Waals surface area contributed by atoms with Crippen LogP contribution in [0.15, 0.2) is 18.3 Å². The first-order valence-electron chi connectivity index (χ1n) is 7.46. The molecule has 1 rings (SSSR count). The van der Waals surface area contributed by atoms with E-state index in [-0.39, 0.29) is 5.84 Å². The summed E-state index contributed by atoms with van der Waals surface area (Å²) < 4.78 is 0. The Morgan fingerprint density at radius 2 is 1.75 bits per heavy atom. The molecule has 0 aliphatic rings. The van der Waals surface area contributed by atoms with Crippen LogP contribution in [-0.2, 0) is 0 Å². The minimum Gasteiger partial charge on any atom is -0.382 e. The van der Waals surface area contributed by atoms with Gasteiger partial charge in [-0.2, -0.15) is 0 Å². The molecule has 0 saturated carbocycles. The minimum absolute atomic E-state index is 0.0414. The number of nitrogen functional groups attached to an aromatic ring is 1. The third-order valence-electron chi connectivity index (χ3n) is 3.33. The minimum atomic E-state index is 0.0414. The zero-order valence-corrected chi connectivity index (χ0v) is 13.2. The number of nitrogens with zero attached hydrogens (tertiary/aromatic N) is 2. The molecule has 4 nitrogen and oxygen atoms in total. The van der Waals surface area contributed by atoms with E-state index in [2.05, 4.69) is 37.6 Å². The highest BCUT2D eigenvalue weighted by Gasteiger charge is 2.14. The number of hydrogen-bond donors (Lipinski definition) is 2. The largest absolute Gasteiger partial charge is 0.382 e. The Labute approximate surface area is 122 Å². The van der Waals surface area contributed by atoms with E-state index in [0.29, 0.717) is 17.5 Å². The second kappa shape index (κ2) is 7.88. The number of pyridine rings is 1. The standard InChI is InChI=1S/C16H28N4/c1-12(2)7-10-20(11-8-13(3)4)14-6-5-9-19-15(14)16(17)18/h5-6,9,12-13H,7-8,10-11H2,1-4H3,(H3,17,18). The summed E-state index contributed by atoms with van der Waals surface area (Å²) in [6, 6.07) is 3.93. The molecule has 1 aromatic heterocycles. The summed E-state index contributed by atoms with van der Waals surface area (Å²) in [5.74, 6) is 1.36. The van der Waals surface area contributed by atoms with Crippen molar-refractivity contribution in [2.24, 2.45) is 17.6 Å². The Morgan fingerprint density at radius 1 is 1.20 bits per heavy atom. The number of nitrogens with one attached hydrogen (secondary N) is 1. The van der Waals surface area contributed by atoms with Crippen molar-refractivity contribution in [1.29, 1.82) is 5.41 Å². The number of aromatic nitrogens is 1. The number of amidine groups is 1. The van der Waals surface area contributed by atoms with Gasteiger partial charge in [-0.05, 0) is 36.8 Å². The van der Waals surface area contributed by atoms with Crippen LogP contribution in [-0.4, -0.2) is 23.9 Å². The van der Waals surface area contributed by atoms with E-state index < -0.39 is 0 Å². The SMILES string of the molecule is CC(C)CCN(CCC(C)C)c1cccnc1C(=N)N. The van der Waals surface area contributed by atoms with Crippen molar-refractivity contribution in [3.63, 3.8) is 0 Å². The van der Waals surface area contributed by atoms with Gasteiger partial charge in [-0.15, -0.1) is 0 Å². The molecule has 0 atom stereocenters. The van der Waals surface area contributed by atoms with E-state index in [9.17, 15) is 0 Å².